The van der Waals surface area contributed by atoms with Crippen LogP contribution in [0.5, 0.6) is 0 Å². The van der Waals surface area contributed by atoms with Crippen molar-refractivity contribution in [3.63, 3.8) is 0 Å². The van der Waals surface area contributed by atoms with Gasteiger partial charge in [0.1, 0.15) is 0 Å². The topological polar surface area (TPSA) is 49.6 Å². The molecule has 0 aromatic carbocycles. The van der Waals surface area contributed by atoms with Crippen LogP contribution in [0.3, 0.4) is 0 Å². The molecule has 0 bridgehead atoms. The lowest BCUT2D eigenvalue weighted by Gasteiger charge is -2.25. The van der Waals surface area contributed by atoms with E-state index in [1.165, 1.54) is 0 Å². The van der Waals surface area contributed by atoms with Crippen LogP contribution in [-0.2, 0) is 4.79 Å². The standard InChI is InChI=1S/C13H29N3O/c1-5-12(14)13(17)16(8-4)11-9-10-15(6-2)7-3/h12H,5-11,14H2,1-4H3/t12-/m0/s1. The number of carbonyl (C=O) groups excluding carboxylic acids is 1. The highest BCUT2D eigenvalue weighted by Gasteiger charge is 2.17. The molecule has 1 amide bonds. The van der Waals surface area contributed by atoms with E-state index in [1.807, 2.05) is 18.7 Å². The molecule has 0 aromatic heterocycles. The van der Waals surface area contributed by atoms with Crippen molar-refractivity contribution in [2.24, 2.45) is 5.73 Å². The second-order valence-electron chi connectivity index (χ2n) is 4.31. The Hall–Kier alpha value is -0.610. The summed E-state index contributed by atoms with van der Waals surface area (Å²) in [6.45, 7) is 13.1. The van der Waals surface area contributed by atoms with Crippen LogP contribution in [0.15, 0.2) is 0 Å². The zero-order valence-corrected chi connectivity index (χ0v) is 11.9. The van der Waals surface area contributed by atoms with E-state index in [4.69, 9.17) is 5.73 Å². The molecule has 0 heterocycles. The molecule has 0 unspecified atom stereocenters. The zero-order chi connectivity index (χ0) is 13.3. The maximum Gasteiger partial charge on any atom is 0.239 e. The van der Waals surface area contributed by atoms with Gasteiger partial charge < -0.3 is 15.5 Å². The summed E-state index contributed by atoms with van der Waals surface area (Å²) in [6.07, 6.45) is 1.74. The average molecular weight is 243 g/mol. The van der Waals surface area contributed by atoms with Crippen molar-refractivity contribution in [2.75, 3.05) is 32.7 Å². The van der Waals surface area contributed by atoms with Crippen molar-refractivity contribution in [2.45, 2.75) is 46.6 Å². The van der Waals surface area contributed by atoms with Crippen LogP contribution in [0.2, 0.25) is 0 Å². The Morgan fingerprint density at radius 1 is 1.06 bits per heavy atom. The molecule has 0 saturated heterocycles. The minimum absolute atomic E-state index is 0.0922. The summed E-state index contributed by atoms with van der Waals surface area (Å²) in [7, 11) is 0. The number of rotatable bonds is 9. The van der Waals surface area contributed by atoms with Gasteiger partial charge in [0.2, 0.25) is 5.91 Å². The van der Waals surface area contributed by atoms with Crippen LogP contribution in [0.25, 0.3) is 0 Å². The second-order valence-corrected chi connectivity index (χ2v) is 4.31. The second kappa shape index (κ2) is 9.42. The monoisotopic (exact) mass is 243 g/mol. The largest absolute Gasteiger partial charge is 0.342 e. The molecule has 1 atom stereocenters. The number of nitrogens with zero attached hydrogens (tertiary/aromatic N) is 2. The van der Waals surface area contributed by atoms with Gasteiger partial charge in [-0.2, -0.15) is 0 Å². The smallest absolute Gasteiger partial charge is 0.239 e. The number of hydrogen-bond acceptors (Lipinski definition) is 3. The third-order valence-electron chi connectivity index (χ3n) is 3.25. The highest BCUT2D eigenvalue weighted by Crippen LogP contribution is 2.00. The van der Waals surface area contributed by atoms with Gasteiger partial charge in [0.25, 0.3) is 0 Å². The number of carbonyl (C=O) groups is 1. The highest BCUT2D eigenvalue weighted by molar-refractivity contribution is 5.81. The fraction of sp³-hybridized carbons (Fsp3) is 0.923. The lowest BCUT2D eigenvalue weighted by Crippen LogP contribution is -2.44. The summed E-state index contributed by atoms with van der Waals surface area (Å²) in [6, 6.07) is -0.330. The number of amides is 1. The molecule has 0 rings (SSSR count). The Labute approximate surface area is 106 Å². The fourth-order valence-corrected chi connectivity index (χ4v) is 1.86. The molecule has 0 aliphatic carbocycles. The molecule has 2 N–H and O–H groups in total. The Morgan fingerprint density at radius 3 is 2.06 bits per heavy atom. The first-order chi connectivity index (χ1) is 8.10. The van der Waals surface area contributed by atoms with Gasteiger partial charge >= 0.3 is 0 Å². The molecule has 4 heteroatoms. The summed E-state index contributed by atoms with van der Waals surface area (Å²) in [5, 5.41) is 0. The molecule has 102 valence electrons. The molecule has 0 aliphatic heterocycles. The lowest BCUT2D eigenvalue weighted by atomic mass is 10.2. The number of nitrogens with two attached hydrogens (primary N) is 1. The van der Waals surface area contributed by atoms with E-state index < -0.39 is 0 Å². The number of hydrogen-bond donors (Lipinski definition) is 1. The van der Waals surface area contributed by atoms with E-state index in [2.05, 4.69) is 18.7 Å². The van der Waals surface area contributed by atoms with Crippen LogP contribution >= 0.6 is 0 Å². The molecule has 17 heavy (non-hydrogen) atoms. The molecular formula is C13H29N3O. The first kappa shape index (κ1) is 16.4. The van der Waals surface area contributed by atoms with E-state index >= 15 is 0 Å². The summed E-state index contributed by atoms with van der Waals surface area (Å²) >= 11 is 0. The summed E-state index contributed by atoms with van der Waals surface area (Å²) < 4.78 is 0. The van der Waals surface area contributed by atoms with Crippen molar-refractivity contribution < 1.29 is 4.79 Å². The van der Waals surface area contributed by atoms with E-state index in [1.54, 1.807) is 0 Å². The molecule has 0 radical (unpaired) electrons. The average Bonchev–Trinajstić information content (AvgIpc) is 2.37. The Kier molecular flexibility index (Phi) is 9.09. The van der Waals surface area contributed by atoms with Gasteiger partial charge in [-0.05, 0) is 39.4 Å². The molecule has 0 aliphatic rings. The van der Waals surface area contributed by atoms with Crippen LogP contribution in [-0.4, -0.2) is 54.5 Å². The highest BCUT2D eigenvalue weighted by atomic mass is 16.2. The van der Waals surface area contributed by atoms with Crippen molar-refractivity contribution in [1.82, 2.24) is 9.80 Å². The van der Waals surface area contributed by atoms with Gasteiger partial charge in [-0.15, -0.1) is 0 Å². The van der Waals surface area contributed by atoms with E-state index in [0.29, 0.717) is 6.42 Å². The Balaban J connectivity index is 4.01. The molecule has 0 spiro atoms. The minimum Gasteiger partial charge on any atom is -0.342 e. The lowest BCUT2D eigenvalue weighted by molar-refractivity contribution is -0.132. The van der Waals surface area contributed by atoms with Gasteiger partial charge in [0, 0.05) is 13.1 Å². The summed E-state index contributed by atoms with van der Waals surface area (Å²) in [5.74, 6) is 0.0922. The SMILES string of the molecule is CC[C@H](N)C(=O)N(CC)CCCN(CC)CC. The van der Waals surface area contributed by atoms with E-state index in [9.17, 15) is 4.79 Å². The maximum absolute atomic E-state index is 11.9. The first-order valence-corrected chi connectivity index (χ1v) is 6.87. The first-order valence-electron chi connectivity index (χ1n) is 6.87. The normalized spacial score (nSPS) is 12.8. The van der Waals surface area contributed by atoms with Crippen molar-refractivity contribution in [1.29, 1.82) is 0 Å². The predicted octanol–water partition coefficient (Wildman–Crippen LogP) is 1.30. The van der Waals surface area contributed by atoms with E-state index in [-0.39, 0.29) is 11.9 Å². The van der Waals surface area contributed by atoms with Gasteiger partial charge in [-0.25, -0.2) is 0 Å². The molecule has 4 nitrogen and oxygen atoms in total. The van der Waals surface area contributed by atoms with Gasteiger partial charge in [0.05, 0.1) is 6.04 Å². The number of likely N-dealkylation sites (N-methyl/N-ethyl adjacent to an activating group) is 1. The fourth-order valence-electron chi connectivity index (χ4n) is 1.86. The Morgan fingerprint density at radius 2 is 1.65 bits per heavy atom. The quantitative estimate of drug-likeness (QED) is 0.664. The van der Waals surface area contributed by atoms with E-state index in [0.717, 1.165) is 39.1 Å². The van der Waals surface area contributed by atoms with Gasteiger partial charge in [0.15, 0.2) is 0 Å². The van der Waals surface area contributed by atoms with Crippen LogP contribution in [0.1, 0.15) is 40.5 Å². The van der Waals surface area contributed by atoms with Crippen LogP contribution < -0.4 is 5.73 Å². The van der Waals surface area contributed by atoms with Crippen LogP contribution in [0.4, 0.5) is 0 Å². The van der Waals surface area contributed by atoms with Gasteiger partial charge in [-0.1, -0.05) is 20.8 Å². The molecule has 0 saturated carbocycles. The minimum atomic E-state index is -0.330. The van der Waals surface area contributed by atoms with Crippen molar-refractivity contribution in [3.05, 3.63) is 0 Å². The summed E-state index contributed by atoms with van der Waals surface area (Å²) in [5.41, 5.74) is 5.78. The molecule has 0 fully saturated rings. The summed E-state index contributed by atoms with van der Waals surface area (Å²) in [4.78, 5) is 16.2. The maximum atomic E-state index is 11.9. The van der Waals surface area contributed by atoms with Crippen molar-refractivity contribution in [3.8, 4) is 0 Å². The van der Waals surface area contributed by atoms with Crippen molar-refractivity contribution >= 4 is 5.91 Å². The Bertz CT molecular complexity index is 205. The van der Waals surface area contributed by atoms with Crippen LogP contribution in [0, 0.1) is 0 Å². The third-order valence-corrected chi connectivity index (χ3v) is 3.25. The zero-order valence-electron chi connectivity index (χ0n) is 11.9. The molecule has 0 aromatic rings. The predicted molar refractivity (Wildman–Crippen MR) is 72.9 cm³/mol. The molecular weight excluding hydrogens is 214 g/mol. The van der Waals surface area contributed by atoms with Gasteiger partial charge in [-0.3, -0.25) is 4.79 Å². The third kappa shape index (κ3) is 6.03.